The van der Waals surface area contributed by atoms with Gasteiger partial charge in [0.2, 0.25) is 0 Å². The molecule has 3 nitrogen and oxygen atoms in total. The number of carboxylic acids is 1. The van der Waals surface area contributed by atoms with Crippen LogP contribution in [0.3, 0.4) is 0 Å². The number of rotatable bonds is 1. The van der Waals surface area contributed by atoms with Crippen molar-refractivity contribution in [1.82, 2.24) is 0 Å². The van der Waals surface area contributed by atoms with E-state index in [-0.39, 0.29) is 5.54 Å². The van der Waals surface area contributed by atoms with Gasteiger partial charge in [0.25, 0.3) is 0 Å². The Hall–Kier alpha value is -0.570. The van der Waals surface area contributed by atoms with Crippen LogP contribution in [0.25, 0.3) is 0 Å². The van der Waals surface area contributed by atoms with E-state index in [1.54, 1.807) is 0 Å². The van der Waals surface area contributed by atoms with E-state index in [1.807, 2.05) is 0 Å². The number of carbonyl (C=O) groups is 1. The molecule has 0 aromatic rings. The molecule has 0 unspecified atom stereocenters. The lowest BCUT2D eigenvalue weighted by Gasteiger charge is -1.87. The third kappa shape index (κ3) is 0.212. The Morgan fingerprint density at radius 1 is 1.62 bits per heavy atom. The molecule has 3 N–H and O–H groups in total. The third-order valence-electron chi connectivity index (χ3n) is 2.35. The van der Waals surface area contributed by atoms with Crippen LogP contribution in [-0.2, 0) is 4.79 Å². The van der Waals surface area contributed by atoms with E-state index < -0.39 is 11.4 Å². The first kappa shape index (κ1) is 4.32. The largest absolute Gasteiger partial charge is 0.481 e. The Balaban J connectivity index is 2.24. The fraction of sp³-hybridized carbons (Fsp3) is 0.800. The van der Waals surface area contributed by atoms with E-state index in [4.69, 9.17) is 10.8 Å². The fourth-order valence-electron chi connectivity index (χ4n) is 1.30. The van der Waals surface area contributed by atoms with Crippen LogP contribution >= 0.6 is 0 Å². The Bertz CT molecular complexity index is 169. The molecular formula is C5H7NO2. The third-order valence-corrected chi connectivity index (χ3v) is 2.35. The van der Waals surface area contributed by atoms with Gasteiger partial charge in [-0.15, -0.1) is 0 Å². The van der Waals surface area contributed by atoms with Gasteiger partial charge in [0.1, 0.15) is 0 Å². The van der Waals surface area contributed by atoms with E-state index in [0.717, 1.165) is 0 Å². The van der Waals surface area contributed by atoms with E-state index in [9.17, 15) is 4.79 Å². The Labute approximate surface area is 46.5 Å². The van der Waals surface area contributed by atoms with Crippen molar-refractivity contribution in [3.8, 4) is 0 Å². The van der Waals surface area contributed by atoms with Gasteiger partial charge in [-0.3, -0.25) is 4.79 Å². The minimum atomic E-state index is -0.708. The molecule has 44 valence electrons. The summed E-state index contributed by atoms with van der Waals surface area (Å²) in [5.41, 5.74) is 4.78. The summed E-state index contributed by atoms with van der Waals surface area (Å²) in [5.74, 6) is -0.708. The van der Waals surface area contributed by atoms with Gasteiger partial charge in [-0.05, 0) is 12.8 Å². The minimum absolute atomic E-state index is 0.265. The lowest BCUT2D eigenvalue weighted by molar-refractivity contribution is -0.140. The molecule has 2 saturated carbocycles. The summed E-state index contributed by atoms with van der Waals surface area (Å²) in [7, 11) is 0. The number of nitrogens with two attached hydrogens (primary N) is 1. The summed E-state index contributed by atoms with van der Waals surface area (Å²) in [6.45, 7) is 0. The van der Waals surface area contributed by atoms with Crippen molar-refractivity contribution < 1.29 is 9.90 Å². The van der Waals surface area contributed by atoms with Gasteiger partial charge in [0, 0.05) is 5.54 Å². The first-order valence-corrected chi connectivity index (χ1v) is 2.63. The highest BCUT2D eigenvalue weighted by molar-refractivity contribution is 5.87. The monoisotopic (exact) mass is 113 g/mol. The summed E-state index contributed by atoms with van der Waals surface area (Å²) >= 11 is 0. The SMILES string of the molecule is NC12CC1(C(=O)O)C2. The standard InChI is InChI=1S/C5H7NO2/c6-5-1-4(5,2-5)3(7)8/h1-2,6H2,(H,7,8). The van der Waals surface area contributed by atoms with Gasteiger partial charge >= 0.3 is 5.97 Å². The lowest BCUT2D eigenvalue weighted by Crippen LogP contribution is -2.09. The van der Waals surface area contributed by atoms with Crippen LogP contribution in [0.1, 0.15) is 12.8 Å². The maximum atomic E-state index is 10.3. The van der Waals surface area contributed by atoms with E-state index in [0.29, 0.717) is 12.8 Å². The molecule has 0 aromatic heterocycles. The molecule has 0 spiro atoms. The number of aliphatic carboxylic acids is 1. The molecule has 0 aliphatic heterocycles. The number of fused-ring (bicyclic) bond motifs is 1. The summed E-state index contributed by atoms with van der Waals surface area (Å²) in [6, 6.07) is 0. The van der Waals surface area contributed by atoms with Gasteiger partial charge in [-0.2, -0.15) is 0 Å². The molecule has 2 fully saturated rings. The van der Waals surface area contributed by atoms with Gasteiger partial charge in [-0.1, -0.05) is 0 Å². The fourth-order valence-corrected chi connectivity index (χ4v) is 1.30. The van der Waals surface area contributed by atoms with Crippen LogP contribution < -0.4 is 5.73 Å². The van der Waals surface area contributed by atoms with Crippen molar-refractivity contribution in [3.63, 3.8) is 0 Å². The molecule has 0 saturated heterocycles. The van der Waals surface area contributed by atoms with E-state index in [2.05, 4.69) is 0 Å². The lowest BCUT2D eigenvalue weighted by atomic mass is 10.2. The molecule has 2 aliphatic carbocycles. The Morgan fingerprint density at radius 2 is 2.00 bits per heavy atom. The molecule has 2 rings (SSSR count). The predicted molar refractivity (Wildman–Crippen MR) is 26.2 cm³/mol. The minimum Gasteiger partial charge on any atom is -0.481 e. The van der Waals surface area contributed by atoms with Crippen molar-refractivity contribution >= 4 is 5.97 Å². The zero-order valence-corrected chi connectivity index (χ0v) is 4.35. The average molecular weight is 113 g/mol. The zero-order valence-electron chi connectivity index (χ0n) is 4.35. The molecule has 8 heavy (non-hydrogen) atoms. The van der Waals surface area contributed by atoms with Crippen LogP contribution in [0.4, 0.5) is 0 Å². The van der Waals surface area contributed by atoms with Crippen LogP contribution in [0.2, 0.25) is 0 Å². The van der Waals surface area contributed by atoms with Crippen molar-refractivity contribution in [1.29, 1.82) is 0 Å². The Kier molecular flexibility index (Phi) is 0.379. The second-order valence-electron chi connectivity index (χ2n) is 2.90. The summed E-state index contributed by atoms with van der Waals surface area (Å²) in [6.07, 6.45) is 1.41. The van der Waals surface area contributed by atoms with Crippen molar-refractivity contribution in [2.75, 3.05) is 0 Å². The number of hydrogen-bond acceptors (Lipinski definition) is 2. The van der Waals surface area contributed by atoms with Crippen LogP contribution in [-0.4, -0.2) is 16.6 Å². The summed E-state index contributed by atoms with van der Waals surface area (Å²) < 4.78 is 0. The summed E-state index contributed by atoms with van der Waals surface area (Å²) in [4.78, 5) is 10.3. The highest BCUT2D eigenvalue weighted by Crippen LogP contribution is 2.76. The van der Waals surface area contributed by atoms with Crippen molar-refractivity contribution in [2.24, 2.45) is 11.1 Å². The Morgan fingerprint density at radius 3 is 2.00 bits per heavy atom. The first-order valence-electron chi connectivity index (χ1n) is 2.63. The van der Waals surface area contributed by atoms with Gasteiger partial charge in [0.05, 0.1) is 5.41 Å². The molecule has 3 heteroatoms. The predicted octanol–water partition coefficient (Wildman–Crippen LogP) is -0.438. The van der Waals surface area contributed by atoms with E-state index >= 15 is 0 Å². The molecule has 0 radical (unpaired) electrons. The smallest absolute Gasteiger partial charge is 0.311 e. The topological polar surface area (TPSA) is 63.3 Å². The van der Waals surface area contributed by atoms with Crippen LogP contribution in [0, 0.1) is 5.41 Å². The molecule has 0 heterocycles. The second kappa shape index (κ2) is 0.702. The molecule has 2 aliphatic rings. The molecule has 0 aromatic carbocycles. The normalized spacial score (nSPS) is 57.1. The van der Waals surface area contributed by atoms with E-state index in [1.165, 1.54) is 0 Å². The van der Waals surface area contributed by atoms with Gasteiger partial charge < -0.3 is 10.8 Å². The highest BCUT2D eigenvalue weighted by Gasteiger charge is 2.86. The zero-order chi connectivity index (χ0) is 5.99. The first-order chi connectivity index (χ1) is 3.61. The second-order valence-corrected chi connectivity index (χ2v) is 2.90. The molecule has 0 bridgehead atoms. The highest BCUT2D eigenvalue weighted by atomic mass is 16.4. The van der Waals surface area contributed by atoms with Crippen molar-refractivity contribution in [3.05, 3.63) is 0 Å². The quantitative estimate of drug-likeness (QED) is 0.484. The number of carboxylic acid groups (broad SMARTS) is 1. The van der Waals surface area contributed by atoms with Crippen LogP contribution in [0.5, 0.6) is 0 Å². The molecule has 0 amide bonds. The maximum Gasteiger partial charge on any atom is 0.311 e. The molecular weight excluding hydrogens is 106 g/mol. The average Bonchev–Trinajstić information content (AvgIpc) is 2.22. The maximum absolute atomic E-state index is 10.3. The summed E-state index contributed by atoms with van der Waals surface area (Å²) in [5, 5.41) is 8.44. The molecule has 0 atom stereocenters. The van der Waals surface area contributed by atoms with Crippen LogP contribution in [0.15, 0.2) is 0 Å². The van der Waals surface area contributed by atoms with Crippen molar-refractivity contribution in [2.45, 2.75) is 18.4 Å². The van der Waals surface area contributed by atoms with Gasteiger partial charge in [-0.25, -0.2) is 0 Å². The number of hydrogen-bond donors (Lipinski definition) is 2. The van der Waals surface area contributed by atoms with Gasteiger partial charge in [0.15, 0.2) is 0 Å².